The molecule has 1 N–H and O–H groups in total. The summed E-state index contributed by atoms with van der Waals surface area (Å²) in [6.07, 6.45) is 3.43. The number of carbonyl (C=O) groups excluding carboxylic acids is 1. The molecule has 0 radical (unpaired) electrons. The van der Waals surface area contributed by atoms with Crippen molar-refractivity contribution in [1.29, 1.82) is 0 Å². The maximum absolute atomic E-state index is 11.7. The van der Waals surface area contributed by atoms with Crippen LogP contribution in [0.5, 0.6) is 0 Å². The van der Waals surface area contributed by atoms with Crippen LogP contribution in [0.25, 0.3) is 0 Å². The summed E-state index contributed by atoms with van der Waals surface area (Å²) in [6.45, 7) is 3.90. The van der Waals surface area contributed by atoms with E-state index >= 15 is 0 Å². The summed E-state index contributed by atoms with van der Waals surface area (Å²) in [4.78, 5) is 24.2. The van der Waals surface area contributed by atoms with Crippen LogP contribution in [0, 0.1) is 5.92 Å². The highest BCUT2D eigenvalue weighted by Crippen LogP contribution is 2.51. The van der Waals surface area contributed by atoms with Gasteiger partial charge in [-0.3, -0.25) is 4.79 Å². The number of hydrogen-bond donors (Lipinski definition) is 1. The van der Waals surface area contributed by atoms with Crippen molar-refractivity contribution < 1.29 is 19.4 Å². The van der Waals surface area contributed by atoms with Crippen molar-refractivity contribution in [3.05, 3.63) is 12.7 Å². The first-order chi connectivity index (χ1) is 7.59. The largest absolute Gasteiger partial charge is 0.481 e. The highest BCUT2D eigenvalue weighted by molar-refractivity contribution is 5.75. The smallest absolute Gasteiger partial charge is 0.410 e. The van der Waals surface area contributed by atoms with E-state index in [1.54, 1.807) is 4.90 Å². The minimum atomic E-state index is -0.828. The Kier molecular flexibility index (Phi) is 2.61. The molecule has 1 spiro atoms. The summed E-state index contributed by atoms with van der Waals surface area (Å²) >= 11 is 0. The predicted molar refractivity (Wildman–Crippen MR) is 56.0 cm³/mol. The van der Waals surface area contributed by atoms with E-state index in [0.29, 0.717) is 6.42 Å². The van der Waals surface area contributed by atoms with Gasteiger partial charge in [0.25, 0.3) is 0 Å². The number of likely N-dealkylation sites (tertiary alicyclic amines) is 1. The predicted octanol–water partition coefficient (Wildman–Crippen LogP) is 1.25. The molecule has 1 saturated heterocycles. The molecule has 0 aromatic rings. The fourth-order valence-electron chi connectivity index (χ4n) is 2.31. The Morgan fingerprint density at radius 3 is 2.75 bits per heavy atom. The van der Waals surface area contributed by atoms with E-state index in [9.17, 15) is 9.59 Å². The van der Waals surface area contributed by atoms with Crippen molar-refractivity contribution in [1.82, 2.24) is 4.90 Å². The summed E-state index contributed by atoms with van der Waals surface area (Å²) in [5.74, 6) is -1.27. The van der Waals surface area contributed by atoms with Gasteiger partial charge in [-0.15, -0.1) is 0 Å². The lowest BCUT2D eigenvalue weighted by molar-refractivity contribution is -0.141. The molecule has 2 rings (SSSR count). The second-order valence-electron chi connectivity index (χ2n) is 4.44. The molecular formula is C11H15NO4. The van der Waals surface area contributed by atoms with Gasteiger partial charge in [0, 0.05) is 12.1 Å². The van der Waals surface area contributed by atoms with Gasteiger partial charge >= 0.3 is 12.1 Å². The number of carbonyl (C=O) groups is 2. The summed E-state index contributed by atoms with van der Waals surface area (Å²) in [7, 11) is 0. The monoisotopic (exact) mass is 225 g/mol. The maximum atomic E-state index is 11.7. The van der Waals surface area contributed by atoms with Crippen molar-refractivity contribution in [2.24, 2.45) is 5.92 Å². The third-order valence-corrected chi connectivity index (χ3v) is 3.32. The molecule has 1 amide bonds. The van der Waals surface area contributed by atoms with Crippen LogP contribution in [0.15, 0.2) is 12.7 Å². The molecule has 5 heteroatoms. The lowest BCUT2D eigenvalue weighted by atomic mass is 10.1. The molecule has 2 aliphatic rings. The quantitative estimate of drug-likeness (QED) is 0.734. The fourth-order valence-corrected chi connectivity index (χ4v) is 2.31. The SMILES string of the molecule is C=CCOC(=O)N1CC(C(=O)O)CC12CC2. The van der Waals surface area contributed by atoms with Gasteiger partial charge < -0.3 is 14.7 Å². The molecule has 1 unspecified atom stereocenters. The van der Waals surface area contributed by atoms with Gasteiger partial charge in [0.1, 0.15) is 6.61 Å². The number of nitrogens with zero attached hydrogens (tertiary/aromatic N) is 1. The van der Waals surface area contributed by atoms with E-state index in [0.717, 1.165) is 12.8 Å². The van der Waals surface area contributed by atoms with E-state index in [4.69, 9.17) is 9.84 Å². The van der Waals surface area contributed by atoms with Gasteiger partial charge in [-0.2, -0.15) is 0 Å². The van der Waals surface area contributed by atoms with Crippen LogP contribution >= 0.6 is 0 Å². The molecule has 16 heavy (non-hydrogen) atoms. The minimum Gasteiger partial charge on any atom is -0.481 e. The van der Waals surface area contributed by atoms with Gasteiger partial charge in [0.2, 0.25) is 0 Å². The van der Waals surface area contributed by atoms with Crippen molar-refractivity contribution in [2.45, 2.75) is 24.8 Å². The zero-order valence-corrected chi connectivity index (χ0v) is 9.02. The standard InChI is InChI=1S/C11H15NO4/c1-2-5-16-10(15)12-7-8(9(13)14)6-11(12)3-4-11/h2,8H,1,3-7H2,(H,13,14). The number of carboxylic acids is 1. The highest BCUT2D eigenvalue weighted by atomic mass is 16.6. The second kappa shape index (κ2) is 3.81. The highest BCUT2D eigenvalue weighted by Gasteiger charge is 2.58. The van der Waals surface area contributed by atoms with E-state index in [1.165, 1.54) is 6.08 Å². The van der Waals surface area contributed by atoms with Gasteiger partial charge in [0.05, 0.1) is 5.92 Å². The van der Waals surface area contributed by atoms with Crippen LogP contribution in [0.1, 0.15) is 19.3 Å². The molecule has 1 heterocycles. The third kappa shape index (κ3) is 1.77. The maximum Gasteiger partial charge on any atom is 0.410 e. The van der Waals surface area contributed by atoms with Gasteiger partial charge in [-0.05, 0) is 19.3 Å². The first kappa shape index (κ1) is 11.0. The lowest BCUT2D eigenvalue weighted by Crippen LogP contribution is -2.38. The first-order valence-electron chi connectivity index (χ1n) is 5.37. The van der Waals surface area contributed by atoms with Crippen LogP contribution in [-0.4, -0.2) is 40.8 Å². The van der Waals surface area contributed by atoms with Crippen molar-refractivity contribution in [2.75, 3.05) is 13.2 Å². The zero-order valence-electron chi connectivity index (χ0n) is 9.02. The molecule has 1 aliphatic heterocycles. The van der Waals surface area contributed by atoms with E-state index in [1.807, 2.05) is 0 Å². The Bertz CT molecular complexity index is 335. The fraction of sp³-hybridized carbons (Fsp3) is 0.636. The Balaban J connectivity index is 2.01. The van der Waals surface area contributed by atoms with Gasteiger partial charge in [-0.25, -0.2) is 4.79 Å². The van der Waals surface area contributed by atoms with E-state index in [-0.39, 0.29) is 18.7 Å². The zero-order chi connectivity index (χ0) is 11.8. The van der Waals surface area contributed by atoms with Crippen LogP contribution < -0.4 is 0 Å². The van der Waals surface area contributed by atoms with Crippen molar-refractivity contribution in [3.63, 3.8) is 0 Å². The molecule has 0 aromatic carbocycles. The van der Waals surface area contributed by atoms with E-state index in [2.05, 4.69) is 6.58 Å². The summed E-state index contributed by atoms with van der Waals surface area (Å²) < 4.78 is 4.95. The molecule has 1 aliphatic carbocycles. The van der Waals surface area contributed by atoms with Gasteiger partial charge in [0.15, 0.2) is 0 Å². The average molecular weight is 225 g/mol. The number of carboxylic acid groups (broad SMARTS) is 1. The first-order valence-corrected chi connectivity index (χ1v) is 5.37. The van der Waals surface area contributed by atoms with Crippen LogP contribution in [0.4, 0.5) is 4.79 Å². The Labute approximate surface area is 93.7 Å². The van der Waals surface area contributed by atoms with E-state index < -0.39 is 18.0 Å². The molecule has 0 bridgehead atoms. The molecule has 5 nitrogen and oxygen atoms in total. The topological polar surface area (TPSA) is 66.8 Å². The second-order valence-corrected chi connectivity index (χ2v) is 4.44. The molecule has 2 fully saturated rings. The third-order valence-electron chi connectivity index (χ3n) is 3.32. The van der Waals surface area contributed by atoms with Crippen molar-refractivity contribution >= 4 is 12.1 Å². The summed E-state index contributed by atoms with van der Waals surface area (Å²) in [6, 6.07) is 0. The molecular weight excluding hydrogens is 210 g/mol. The average Bonchev–Trinajstić information content (AvgIpc) is 2.88. The summed E-state index contributed by atoms with van der Waals surface area (Å²) in [5, 5.41) is 8.95. The molecule has 88 valence electrons. The van der Waals surface area contributed by atoms with Crippen LogP contribution in [0.2, 0.25) is 0 Å². The Morgan fingerprint density at radius 1 is 1.56 bits per heavy atom. The number of rotatable bonds is 3. The Morgan fingerprint density at radius 2 is 2.25 bits per heavy atom. The molecule has 1 saturated carbocycles. The summed E-state index contributed by atoms with van der Waals surface area (Å²) in [5.41, 5.74) is -0.221. The van der Waals surface area contributed by atoms with Crippen LogP contribution in [0.3, 0.4) is 0 Å². The lowest BCUT2D eigenvalue weighted by Gasteiger charge is -2.22. The van der Waals surface area contributed by atoms with Crippen LogP contribution in [-0.2, 0) is 9.53 Å². The van der Waals surface area contributed by atoms with Crippen molar-refractivity contribution in [3.8, 4) is 0 Å². The minimum absolute atomic E-state index is 0.170. The number of hydrogen-bond acceptors (Lipinski definition) is 3. The normalized spacial score (nSPS) is 25.5. The molecule has 1 atom stereocenters. The van der Waals surface area contributed by atoms with Gasteiger partial charge in [-0.1, -0.05) is 12.7 Å². The Hall–Kier alpha value is -1.52. The number of ether oxygens (including phenoxy) is 1. The number of aliphatic carboxylic acids is 1. The molecule has 0 aromatic heterocycles. The number of amides is 1.